The lowest BCUT2D eigenvalue weighted by Gasteiger charge is -2.37. The predicted octanol–water partition coefficient (Wildman–Crippen LogP) is 3.43. The Morgan fingerprint density at radius 2 is 1.70 bits per heavy atom. The zero-order chi connectivity index (χ0) is 7.61. The van der Waals surface area contributed by atoms with Gasteiger partial charge in [-0.1, -0.05) is 33.1 Å². The van der Waals surface area contributed by atoms with Gasteiger partial charge in [0.15, 0.2) is 0 Å². The predicted molar refractivity (Wildman–Crippen MR) is 45.7 cm³/mol. The third kappa shape index (κ3) is 1.53. The molecule has 0 N–H and O–H groups in total. The molecule has 1 atom stereocenters. The standard InChI is InChI=1S/C10H19/c1-9(2)10(3)7-5-4-6-8-10/h9H,1,4-8H2,2-3H3. The Hall–Kier alpha value is 0. The van der Waals surface area contributed by atoms with Gasteiger partial charge in [0.2, 0.25) is 0 Å². The minimum absolute atomic E-state index is 0.568. The molecular formula is C10H19. The van der Waals surface area contributed by atoms with Crippen LogP contribution in [0.1, 0.15) is 46.0 Å². The van der Waals surface area contributed by atoms with Crippen LogP contribution in [0.4, 0.5) is 0 Å². The van der Waals surface area contributed by atoms with Crippen LogP contribution in [-0.4, -0.2) is 0 Å². The van der Waals surface area contributed by atoms with E-state index in [1.165, 1.54) is 32.1 Å². The van der Waals surface area contributed by atoms with Gasteiger partial charge in [0.05, 0.1) is 0 Å². The first-order chi connectivity index (χ1) is 4.65. The third-order valence-electron chi connectivity index (χ3n) is 3.19. The van der Waals surface area contributed by atoms with Crippen LogP contribution in [0.2, 0.25) is 0 Å². The van der Waals surface area contributed by atoms with Gasteiger partial charge in [-0.3, -0.25) is 0 Å². The average molecular weight is 139 g/mol. The van der Waals surface area contributed by atoms with Crippen molar-refractivity contribution in [2.45, 2.75) is 46.0 Å². The van der Waals surface area contributed by atoms with Crippen molar-refractivity contribution in [2.75, 3.05) is 0 Å². The topological polar surface area (TPSA) is 0 Å². The van der Waals surface area contributed by atoms with E-state index in [-0.39, 0.29) is 0 Å². The van der Waals surface area contributed by atoms with Gasteiger partial charge >= 0.3 is 0 Å². The second kappa shape index (κ2) is 2.94. The van der Waals surface area contributed by atoms with E-state index in [1.54, 1.807) is 0 Å². The van der Waals surface area contributed by atoms with Crippen LogP contribution < -0.4 is 0 Å². The summed E-state index contributed by atoms with van der Waals surface area (Å²) >= 11 is 0. The first kappa shape index (κ1) is 8.10. The maximum absolute atomic E-state index is 4.13. The van der Waals surface area contributed by atoms with Crippen molar-refractivity contribution in [1.29, 1.82) is 0 Å². The summed E-state index contributed by atoms with van der Waals surface area (Å²) in [4.78, 5) is 0. The molecule has 59 valence electrons. The van der Waals surface area contributed by atoms with Crippen molar-refractivity contribution in [3.8, 4) is 0 Å². The highest BCUT2D eigenvalue weighted by atomic mass is 14.3. The molecule has 0 heteroatoms. The molecule has 0 aromatic carbocycles. The molecule has 1 aliphatic carbocycles. The zero-order valence-corrected chi connectivity index (χ0v) is 7.32. The molecule has 10 heavy (non-hydrogen) atoms. The molecule has 1 rings (SSSR count). The van der Waals surface area contributed by atoms with Gasteiger partial charge in [-0.25, -0.2) is 0 Å². The lowest BCUT2D eigenvalue weighted by molar-refractivity contribution is 0.159. The number of hydrogen-bond donors (Lipinski definition) is 0. The molecule has 0 heterocycles. The van der Waals surface area contributed by atoms with Gasteiger partial charge in [-0.15, -0.1) is 0 Å². The molecule has 1 fully saturated rings. The summed E-state index contributed by atoms with van der Waals surface area (Å²) in [6.07, 6.45) is 7.10. The van der Waals surface area contributed by atoms with Crippen molar-refractivity contribution in [2.24, 2.45) is 11.3 Å². The molecule has 0 aromatic heterocycles. The lowest BCUT2D eigenvalue weighted by Crippen LogP contribution is -2.26. The van der Waals surface area contributed by atoms with Crippen LogP contribution in [0.25, 0.3) is 0 Å². The van der Waals surface area contributed by atoms with E-state index in [1.807, 2.05) is 0 Å². The molecule has 0 aromatic rings. The third-order valence-corrected chi connectivity index (χ3v) is 3.19. The Morgan fingerprint density at radius 1 is 1.20 bits per heavy atom. The molecule has 1 aliphatic rings. The first-order valence-electron chi connectivity index (χ1n) is 4.48. The van der Waals surface area contributed by atoms with Gasteiger partial charge in [0, 0.05) is 0 Å². The van der Waals surface area contributed by atoms with Crippen LogP contribution in [-0.2, 0) is 0 Å². The normalized spacial score (nSPS) is 25.2. The van der Waals surface area contributed by atoms with E-state index in [2.05, 4.69) is 20.8 Å². The Kier molecular flexibility index (Phi) is 2.38. The highest BCUT2D eigenvalue weighted by Gasteiger charge is 2.29. The minimum atomic E-state index is 0.568. The van der Waals surface area contributed by atoms with Gasteiger partial charge in [0.25, 0.3) is 0 Å². The summed E-state index contributed by atoms with van der Waals surface area (Å²) < 4.78 is 0. The van der Waals surface area contributed by atoms with Gasteiger partial charge in [0.1, 0.15) is 0 Å². The van der Waals surface area contributed by atoms with Crippen molar-refractivity contribution in [3.63, 3.8) is 0 Å². The minimum Gasteiger partial charge on any atom is -0.0620 e. The van der Waals surface area contributed by atoms with Crippen LogP contribution >= 0.6 is 0 Å². The molecule has 1 unspecified atom stereocenters. The monoisotopic (exact) mass is 139 g/mol. The lowest BCUT2D eigenvalue weighted by atomic mass is 9.69. The molecular weight excluding hydrogens is 120 g/mol. The summed E-state index contributed by atoms with van der Waals surface area (Å²) in [5, 5.41) is 0. The molecule has 0 bridgehead atoms. The molecule has 1 radical (unpaired) electrons. The van der Waals surface area contributed by atoms with Crippen LogP contribution in [0.15, 0.2) is 0 Å². The molecule has 0 amide bonds. The Labute approximate surface area is 65.0 Å². The van der Waals surface area contributed by atoms with Crippen molar-refractivity contribution >= 4 is 0 Å². The fraction of sp³-hybridized carbons (Fsp3) is 0.900. The van der Waals surface area contributed by atoms with E-state index >= 15 is 0 Å². The van der Waals surface area contributed by atoms with Crippen LogP contribution in [0.3, 0.4) is 0 Å². The zero-order valence-electron chi connectivity index (χ0n) is 7.32. The smallest absolute Gasteiger partial charge is 0.0300 e. The fourth-order valence-electron chi connectivity index (χ4n) is 1.85. The fourth-order valence-corrected chi connectivity index (χ4v) is 1.85. The van der Waals surface area contributed by atoms with E-state index in [4.69, 9.17) is 0 Å². The summed E-state index contributed by atoms with van der Waals surface area (Å²) in [5.74, 6) is 0.632. The SMILES string of the molecule is [CH2]C(C)C1(C)CCCCC1. The van der Waals surface area contributed by atoms with Crippen molar-refractivity contribution < 1.29 is 0 Å². The Balaban J connectivity index is 2.48. The highest BCUT2D eigenvalue weighted by Crippen LogP contribution is 2.41. The van der Waals surface area contributed by atoms with E-state index in [9.17, 15) is 0 Å². The molecule has 0 spiro atoms. The number of hydrogen-bond acceptors (Lipinski definition) is 0. The Bertz CT molecular complexity index is 96.6. The number of rotatable bonds is 1. The summed E-state index contributed by atoms with van der Waals surface area (Å²) in [7, 11) is 0. The van der Waals surface area contributed by atoms with Crippen LogP contribution in [0.5, 0.6) is 0 Å². The molecule has 1 saturated carbocycles. The van der Waals surface area contributed by atoms with Gasteiger partial charge < -0.3 is 0 Å². The second-order valence-electron chi connectivity index (χ2n) is 4.12. The first-order valence-corrected chi connectivity index (χ1v) is 4.48. The second-order valence-corrected chi connectivity index (χ2v) is 4.12. The Morgan fingerprint density at radius 3 is 2.00 bits per heavy atom. The summed E-state index contributed by atoms with van der Waals surface area (Å²) in [6, 6.07) is 0. The van der Waals surface area contributed by atoms with Crippen molar-refractivity contribution in [3.05, 3.63) is 6.92 Å². The maximum atomic E-state index is 4.13. The highest BCUT2D eigenvalue weighted by molar-refractivity contribution is 4.83. The largest absolute Gasteiger partial charge is 0.0620 e. The van der Waals surface area contributed by atoms with Gasteiger partial charge in [-0.05, 0) is 31.1 Å². The molecule has 0 aliphatic heterocycles. The summed E-state index contributed by atoms with van der Waals surface area (Å²) in [6.45, 7) is 8.78. The average Bonchev–Trinajstić information content (AvgIpc) is 1.89. The quantitative estimate of drug-likeness (QED) is 0.522. The molecule has 0 saturated heterocycles. The maximum Gasteiger partial charge on any atom is -0.0300 e. The van der Waals surface area contributed by atoms with E-state index < -0.39 is 0 Å². The van der Waals surface area contributed by atoms with Crippen molar-refractivity contribution in [1.82, 2.24) is 0 Å². The summed E-state index contributed by atoms with van der Waals surface area (Å²) in [5.41, 5.74) is 0.568. The van der Waals surface area contributed by atoms with E-state index in [0.717, 1.165) is 0 Å². The molecule has 0 nitrogen and oxygen atoms in total. The van der Waals surface area contributed by atoms with E-state index in [0.29, 0.717) is 11.3 Å². The van der Waals surface area contributed by atoms with Crippen LogP contribution in [0, 0.1) is 18.3 Å². The van der Waals surface area contributed by atoms with Gasteiger partial charge in [-0.2, -0.15) is 0 Å².